The average Bonchev–Trinajstić information content (AvgIpc) is 2.48. The Morgan fingerprint density at radius 1 is 1.69 bits per heavy atom. The van der Waals surface area contributed by atoms with Gasteiger partial charge in [-0.15, -0.1) is 0 Å². The van der Waals surface area contributed by atoms with Gasteiger partial charge in [0.05, 0.1) is 4.92 Å². The Labute approximate surface area is 77.6 Å². The summed E-state index contributed by atoms with van der Waals surface area (Å²) in [6.45, 7) is 0. The quantitative estimate of drug-likeness (QED) is 0.449. The molecule has 1 heterocycles. The fourth-order valence-corrected chi connectivity index (χ4v) is 1.39. The molecule has 0 unspecified atom stereocenters. The highest BCUT2D eigenvalue weighted by molar-refractivity contribution is 7.13. The van der Waals surface area contributed by atoms with E-state index in [0.29, 0.717) is 5.56 Å². The second-order valence-corrected chi connectivity index (χ2v) is 3.10. The van der Waals surface area contributed by atoms with Crippen LogP contribution >= 0.6 is 11.3 Å². The van der Waals surface area contributed by atoms with Gasteiger partial charge in [-0.05, 0) is 11.6 Å². The van der Waals surface area contributed by atoms with Crippen molar-refractivity contribution in [3.05, 3.63) is 33.2 Å². The molecule has 1 aromatic rings. The van der Waals surface area contributed by atoms with E-state index in [2.05, 4.69) is 0 Å². The van der Waals surface area contributed by atoms with Gasteiger partial charge in [-0.25, -0.2) is 0 Å². The van der Waals surface area contributed by atoms with Gasteiger partial charge >= 0.3 is 5.00 Å². The smallest absolute Gasteiger partial charge is 0.324 e. The lowest BCUT2D eigenvalue weighted by molar-refractivity contribution is -0.380. The number of hydrogen-bond donors (Lipinski definition) is 1. The van der Waals surface area contributed by atoms with Crippen molar-refractivity contribution in [3.63, 3.8) is 0 Å². The summed E-state index contributed by atoms with van der Waals surface area (Å²) >= 11 is 1.01. The van der Waals surface area contributed by atoms with E-state index >= 15 is 0 Å². The number of carbonyl (C=O) groups is 1. The van der Waals surface area contributed by atoms with E-state index in [1.54, 1.807) is 5.38 Å². The molecule has 1 amide bonds. The molecular formula is C7H6N2O3S. The maximum Gasteiger partial charge on any atom is 0.324 e. The SMILES string of the molecule is NC(=O)/C=C\c1csc([N+](=O)[O-])c1. The highest BCUT2D eigenvalue weighted by atomic mass is 32.1. The Morgan fingerprint density at radius 3 is 2.85 bits per heavy atom. The van der Waals surface area contributed by atoms with Gasteiger partial charge in [0.1, 0.15) is 0 Å². The molecule has 1 aromatic heterocycles. The van der Waals surface area contributed by atoms with Crippen LogP contribution in [0.2, 0.25) is 0 Å². The number of nitro groups is 1. The van der Waals surface area contributed by atoms with Crippen LogP contribution in [0, 0.1) is 10.1 Å². The highest BCUT2D eigenvalue weighted by Crippen LogP contribution is 2.23. The molecule has 0 atom stereocenters. The molecule has 0 aromatic carbocycles. The Hall–Kier alpha value is -1.69. The summed E-state index contributed by atoms with van der Waals surface area (Å²) in [5, 5.41) is 11.9. The largest absolute Gasteiger partial charge is 0.366 e. The van der Waals surface area contributed by atoms with Crippen molar-refractivity contribution >= 4 is 28.3 Å². The number of thiophene rings is 1. The van der Waals surface area contributed by atoms with Crippen molar-refractivity contribution < 1.29 is 9.72 Å². The molecule has 0 saturated heterocycles. The Morgan fingerprint density at radius 2 is 2.38 bits per heavy atom. The molecule has 68 valence electrons. The molecule has 1 rings (SSSR count). The molecule has 0 aliphatic heterocycles. The standard InChI is InChI=1S/C7H6N2O3S/c8-6(10)2-1-5-3-7(9(11)12)13-4-5/h1-4H,(H2,8,10)/b2-1-. The topological polar surface area (TPSA) is 86.2 Å². The van der Waals surface area contributed by atoms with Crippen LogP contribution in [-0.2, 0) is 4.79 Å². The summed E-state index contributed by atoms with van der Waals surface area (Å²) in [5.41, 5.74) is 5.46. The number of rotatable bonds is 3. The Kier molecular flexibility index (Phi) is 2.76. The van der Waals surface area contributed by atoms with Crippen LogP contribution < -0.4 is 5.73 Å². The molecule has 0 radical (unpaired) electrons. The second kappa shape index (κ2) is 3.81. The molecule has 0 aliphatic rings. The van der Waals surface area contributed by atoms with Gasteiger partial charge in [-0.1, -0.05) is 11.3 Å². The van der Waals surface area contributed by atoms with Crippen molar-refractivity contribution in [2.75, 3.05) is 0 Å². The zero-order valence-corrected chi connectivity index (χ0v) is 7.28. The molecule has 0 fully saturated rings. The van der Waals surface area contributed by atoms with Gasteiger partial charge in [-0.2, -0.15) is 0 Å². The summed E-state index contributed by atoms with van der Waals surface area (Å²) < 4.78 is 0. The van der Waals surface area contributed by atoms with Crippen LogP contribution in [0.25, 0.3) is 6.08 Å². The summed E-state index contributed by atoms with van der Waals surface area (Å²) in [6, 6.07) is 1.38. The van der Waals surface area contributed by atoms with E-state index < -0.39 is 10.8 Å². The van der Waals surface area contributed by atoms with Gasteiger partial charge in [0, 0.05) is 17.5 Å². The van der Waals surface area contributed by atoms with Crippen LogP contribution in [-0.4, -0.2) is 10.8 Å². The van der Waals surface area contributed by atoms with Gasteiger partial charge in [-0.3, -0.25) is 14.9 Å². The molecule has 2 N–H and O–H groups in total. The number of hydrogen-bond acceptors (Lipinski definition) is 4. The van der Waals surface area contributed by atoms with Crippen LogP contribution in [0.15, 0.2) is 17.5 Å². The third-order valence-electron chi connectivity index (χ3n) is 1.23. The monoisotopic (exact) mass is 198 g/mol. The van der Waals surface area contributed by atoms with Crippen molar-refractivity contribution in [2.45, 2.75) is 0 Å². The minimum Gasteiger partial charge on any atom is -0.366 e. The Balaban J connectivity index is 2.80. The molecule has 0 bridgehead atoms. The van der Waals surface area contributed by atoms with E-state index in [9.17, 15) is 14.9 Å². The van der Waals surface area contributed by atoms with Gasteiger partial charge < -0.3 is 5.73 Å². The van der Waals surface area contributed by atoms with E-state index in [1.807, 2.05) is 0 Å². The fraction of sp³-hybridized carbons (Fsp3) is 0. The van der Waals surface area contributed by atoms with E-state index in [-0.39, 0.29) is 5.00 Å². The number of amides is 1. The molecular weight excluding hydrogens is 192 g/mol. The van der Waals surface area contributed by atoms with Gasteiger partial charge in [0.15, 0.2) is 0 Å². The van der Waals surface area contributed by atoms with Crippen LogP contribution in [0.3, 0.4) is 0 Å². The number of nitrogens with zero attached hydrogens (tertiary/aromatic N) is 1. The summed E-state index contributed by atoms with van der Waals surface area (Å²) in [6.07, 6.45) is 2.59. The predicted octanol–water partition coefficient (Wildman–Crippen LogP) is 1.15. The summed E-state index contributed by atoms with van der Waals surface area (Å²) in [5.74, 6) is -0.575. The first kappa shape index (κ1) is 9.40. The minimum atomic E-state index is -0.575. The third-order valence-corrected chi connectivity index (χ3v) is 2.12. The van der Waals surface area contributed by atoms with Crippen molar-refractivity contribution in [1.82, 2.24) is 0 Å². The minimum absolute atomic E-state index is 0.0455. The van der Waals surface area contributed by atoms with Crippen LogP contribution in [0.4, 0.5) is 5.00 Å². The second-order valence-electron chi connectivity index (χ2n) is 2.21. The van der Waals surface area contributed by atoms with Crippen molar-refractivity contribution in [3.8, 4) is 0 Å². The lowest BCUT2D eigenvalue weighted by Crippen LogP contribution is -2.04. The molecule has 13 heavy (non-hydrogen) atoms. The normalized spacial score (nSPS) is 10.5. The summed E-state index contributed by atoms with van der Waals surface area (Å²) in [4.78, 5) is 20.1. The zero-order chi connectivity index (χ0) is 9.84. The first-order valence-electron chi connectivity index (χ1n) is 3.30. The molecule has 0 aliphatic carbocycles. The van der Waals surface area contributed by atoms with Gasteiger partial charge in [0.25, 0.3) is 0 Å². The first-order valence-corrected chi connectivity index (χ1v) is 4.18. The number of carbonyl (C=O) groups excluding carboxylic acids is 1. The molecule has 0 spiro atoms. The first-order chi connectivity index (χ1) is 6.09. The van der Waals surface area contributed by atoms with E-state index in [4.69, 9.17) is 5.73 Å². The highest BCUT2D eigenvalue weighted by Gasteiger charge is 2.07. The maximum absolute atomic E-state index is 10.3. The lowest BCUT2D eigenvalue weighted by atomic mass is 10.3. The third kappa shape index (κ3) is 2.68. The van der Waals surface area contributed by atoms with Crippen LogP contribution in [0.1, 0.15) is 5.56 Å². The maximum atomic E-state index is 10.3. The van der Waals surface area contributed by atoms with Crippen LogP contribution in [0.5, 0.6) is 0 Å². The van der Waals surface area contributed by atoms with E-state index in [0.717, 1.165) is 17.4 Å². The molecule has 5 nitrogen and oxygen atoms in total. The predicted molar refractivity (Wildman–Crippen MR) is 49.2 cm³/mol. The zero-order valence-electron chi connectivity index (χ0n) is 6.47. The van der Waals surface area contributed by atoms with E-state index in [1.165, 1.54) is 12.1 Å². The number of primary amides is 1. The average molecular weight is 198 g/mol. The van der Waals surface area contributed by atoms with Crippen molar-refractivity contribution in [2.24, 2.45) is 5.73 Å². The lowest BCUT2D eigenvalue weighted by Gasteiger charge is -1.81. The Bertz CT molecular complexity index is 370. The van der Waals surface area contributed by atoms with Gasteiger partial charge in [0.2, 0.25) is 5.91 Å². The number of nitrogens with two attached hydrogens (primary N) is 1. The molecule has 6 heteroatoms. The van der Waals surface area contributed by atoms with Crippen molar-refractivity contribution in [1.29, 1.82) is 0 Å². The fourth-order valence-electron chi connectivity index (χ4n) is 0.701. The summed E-state index contributed by atoms with van der Waals surface area (Å²) in [7, 11) is 0. The molecule has 0 saturated carbocycles.